The van der Waals surface area contributed by atoms with Crippen molar-refractivity contribution in [3.8, 4) is 0 Å². The van der Waals surface area contributed by atoms with Gasteiger partial charge >= 0.3 is 0 Å². The maximum Gasteiger partial charge on any atom is 0.239 e. The number of nitrogen functional groups attached to an aromatic ring is 1. The zero-order chi connectivity index (χ0) is 12.0. The summed E-state index contributed by atoms with van der Waals surface area (Å²) in [6.07, 6.45) is 1.64. The molecule has 0 radical (unpaired) electrons. The fraction of sp³-hybridized carbons (Fsp3) is 0.455. The largest absolute Gasteiger partial charge is 0.399 e. The lowest BCUT2D eigenvalue weighted by molar-refractivity contribution is -0.119. The van der Waals surface area contributed by atoms with Crippen LogP contribution in [0.25, 0.3) is 0 Å². The summed E-state index contributed by atoms with van der Waals surface area (Å²) < 4.78 is 0. The van der Waals surface area contributed by atoms with E-state index in [0.717, 1.165) is 5.82 Å². The van der Waals surface area contributed by atoms with Crippen LogP contribution in [0.3, 0.4) is 0 Å². The zero-order valence-electron chi connectivity index (χ0n) is 9.73. The molecule has 5 heteroatoms. The first-order valence-electron chi connectivity index (χ1n) is 5.40. The summed E-state index contributed by atoms with van der Waals surface area (Å²) in [4.78, 5) is 17.5. The van der Waals surface area contributed by atoms with E-state index in [2.05, 4.69) is 10.3 Å². The second-order valence-corrected chi connectivity index (χ2v) is 3.42. The standard InChI is InChI=1S/C11H18N4O/c1-3-13-11(16)8-15(4-2)10-7-9(12)5-6-14-10/h5-7H,3-4,8H2,1-2H3,(H2,12,14)(H,13,16). The molecule has 1 amide bonds. The Hall–Kier alpha value is -1.78. The van der Waals surface area contributed by atoms with E-state index in [1.54, 1.807) is 18.3 Å². The number of aromatic nitrogens is 1. The van der Waals surface area contributed by atoms with Gasteiger partial charge in [0.1, 0.15) is 5.82 Å². The Labute approximate surface area is 95.7 Å². The zero-order valence-corrected chi connectivity index (χ0v) is 9.73. The predicted octanol–water partition coefficient (Wildman–Crippen LogP) is 0.626. The molecule has 16 heavy (non-hydrogen) atoms. The van der Waals surface area contributed by atoms with Crippen LogP contribution in [0.5, 0.6) is 0 Å². The Bertz CT molecular complexity index is 354. The molecule has 5 nitrogen and oxygen atoms in total. The van der Waals surface area contributed by atoms with Gasteiger partial charge in [-0.2, -0.15) is 0 Å². The fourth-order valence-electron chi connectivity index (χ4n) is 1.39. The molecular formula is C11H18N4O. The van der Waals surface area contributed by atoms with Crippen LogP contribution < -0.4 is 16.0 Å². The van der Waals surface area contributed by atoms with Crippen LogP contribution in [0.4, 0.5) is 11.5 Å². The molecule has 0 aliphatic carbocycles. The van der Waals surface area contributed by atoms with Crippen molar-refractivity contribution in [3.05, 3.63) is 18.3 Å². The maximum atomic E-state index is 11.5. The summed E-state index contributed by atoms with van der Waals surface area (Å²) in [5.74, 6) is 0.724. The summed E-state index contributed by atoms with van der Waals surface area (Å²) in [6.45, 7) is 5.53. The second-order valence-electron chi connectivity index (χ2n) is 3.42. The van der Waals surface area contributed by atoms with Crippen molar-refractivity contribution in [2.75, 3.05) is 30.3 Å². The molecule has 0 spiro atoms. The van der Waals surface area contributed by atoms with Crippen LogP contribution in [0.2, 0.25) is 0 Å². The van der Waals surface area contributed by atoms with Crippen molar-refractivity contribution in [2.45, 2.75) is 13.8 Å². The highest BCUT2D eigenvalue weighted by Crippen LogP contribution is 2.13. The second kappa shape index (κ2) is 5.95. The average molecular weight is 222 g/mol. The maximum absolute atomic E-state index is 11.5. The third-order valence-corrected chi connectivity index (χ3v) is 2.18. The number of pyridine rings is 1. The molecule has 0 atom stereocenters. The molecule has 0 fully saturated rings. The first kappa shape index (κ1) is 12.3. The number of likely N-dealkylation sites (N-methyl/N-ethyl adjacent to an activating group) is 2. The third-order valence-electron chi connectivity index (χ3n) is 2.18. The molecule has 88 valence electrons. The molecule has 1 rings (SSSR count). The topological polar surface area (TPSA) is 71.2 Å². The van der Waals surface area contributed by atoms with Gasteiger partial charge in [-0.05, 0) is 19.9 Å². The van der Waals surface area contributed by atoms with E-state index in [1.807, 2.05) is 18.7 Å². The van der Waals surface area contributed by atoms with Gasteiger partial charge in [0.2, 0.25) is 5.91 Å². The number of hydrogen-bond donors (Lipinski definition) is 2. The number of nitrogens with zero attached hydrogens (tertiary/aromatic N) is 2. The van der Waals surface area contributed by atoms with E-state index in [-0.39, 0.29) is 5.91 Å². The van der Waals surface area contributed by atoms with E-state index < -0.39 is 0 Å². The minimum atomic E-state index is -0.00595. The Morgan fingerprint density at radius 2 is 2.31 bits per heavy atom. The van der Waals surface area contributed by atoms with Crippen molar-refractivity contribution in [1.29, 1.82) is 0 Å². The molecule has 0 unspecified atom stereocenters. The van der Waals surface area contributed by atoms with Gasteiger partial charge < -0.3 is 16.0 Å². The van der Waals surface area contributed by atoms with Crippen LogP contribution in [0, 0.1) is 0 Å². The molecule has 0 saturated carbocycles. The van der Waals surface area contributed by atoms with Crippen LogP contribution in [0.15, 0.2) is 18.3 Å². The molecule has 0 bridgehead atoms. The lowest BCUT2D eigenvalue weighted by Crippen LogP contribution is -2.37. The summed E-state index contributed by atoms with van der Waals surface area (Å²) in [7, 11) is 0. The summed E-state index contributed by atoms with van der Waals surface area (Å²) >= 11 is 0. The number of nitrogens with one attached hydrogen (secondary N) is 1. The van der Waals surface area contributed by atoms with Gasteiger partial charge in [0, 0.05) is 31.0 Å². The molecule has 0 saturated heterocycles. The Kier molecular flexibility index (Phi) is 4.57. The number of anilines is 2. The van der Waals surface area contributed by atoms with Gasteiger partial charge in [0.15, 0.2) is 0 Å². The van der Waals surface area contributed by atoms with Gasteiger partial charge in [-0.3, -0.25) is 4.79 Å². The summed E-state index contributed by atoms with van der Waals surface area (Å²) in [6, 6.07) is 3.49. The van der Waals surface area contributed by atoms with Crippen molar-refractivity contribution < 1.29 is 4.79 Å². The average Bonchev–Trinajstić information content (AvgIpc) is 2.26. The first-order valence-corrected chi connectivity index (χ1v) is 5.40. The minimum Gasteiger partial charge on any atom is -0.399 e. The number of carbonyl (C=O) groups excluding carboxylic acids is 1. The molecule has 1 heterocycles. The summed E-state index contributed by atoms with van der Waals surface area (Å²) in [5, 5.41) is 2.76. The normalized spacial score (nSPS) is 9.88. The van der Waals surface area contributed by atoms with Crippen molar-refractivity contribution in [1.82, 2.24) is 10.3 Å². The van der Waals surface area contributed by atoms with E-state index in [0.29, 0.717) is 25.3 Å². The quantitative estimate of drug-likeness (QED) is 0.766. The van der Waals surface area contributed by atoms with Gasteiger partial charge in [-0.1, -0.05) is 0 Å². The van der Waals surface area contributed by atoms with Gasteiger partial charge in [0.05, 0.1) is 6.54 Å². The monoisotopic (exact) mass is 222 g/mol. The molecule has 3 N–H and O–H groups in total. The van der Waals surface area contributed by atoms with Crippen LogP contribution >= 0.6 is 0 Å². The number of amides is 1. The molecule has 0 aliphatic rings. The molecule has 0 aromatic carbocycles. The third kappa shape index (κ3) is 3.42. The fourth-order valence-corrected chi connectivity index (χ4v) is 1.39. The summed E-state index contributed by atoms with van der Waals surface area (Å²) in [5.41, 5.74) is 6.33. The van der Waals surface area contributed by atoms with Crippen molar-refractivity contribution in [2.24, 2.45) is 0 Å². The van der Waals surface area contributed by atoms with Crippen molar-refractivity contribution in [3.63, 3.8) is 0 Å². The van der Waals surface area contributed by atoms with E-state index in [9.17, 15) is 4.79 Å². The van der Waals surface area contributed by atoms with Gasteiger partial charge in [0.25, 0.3) is 0 Å². The van der Waals surface area contributed by atoms with Crippen molar-refractivity contribution >= 4 is 17.4 Å². The number of carbonyl (C=O) groups is 1. The number of hydrogen-bond acceptors (Lipinski definition) is 4. The lowest BCUT2D eigenvalue weighted by atomic mass is 10.3. The van der Waals surface area contributed by atoms with Gasteiger partial charge in [-0.15, -0.1) is 0 Å². The molecule has 0 aliphatic heterocycles. The lowest BCUT2D eigenvalue weighted by Gasteiger charge is -2.21. The Morgan fingerprint density at radius 3 is 2.88 bits per heavy atom. The molecule has 1 aromatic rings. The highest BCUT2D eigenvalue weighted by molar-refractivity contribution is 5.81. The first-order chi connectivity index (χ1) is 7.67. The Balaban J connectivity index is 2.70. The van der Waals surface area contributed by atoms with Crippen LogP contribution in [-0.4, -0.2) is 30.5 Å². The van der Waals surface area contributed by atoms with Crippen LogP contribution in [0.1, 0.15) is 13.8 Å². The highest BCUT2D eigenvalue weighted by Gasteiger charge is 2.10. The Morgan fingerprint density at radius 1 is 1.56 bits per heavy atom. The smallest absolute Gasteiger partial charge is 0.239 e. The van der Waals surface area contributed by atoms with E-state index in [1.165, 1.54) is 0 Å². The van der Waals surface area contributed by atoms with E-state index in [4.69, 9.17) is 5.73 Å². The SMILES string of the molecule is CCNC(=O)CN(CC)c1cc(N)ccn1. The predicted molar refractivity (Wildman–Crippen MR) is 65.2 cm³/mol. The molecule has 1 aromatic heterocycles. The number of rotatable bonds is 5. The number of nitrogens with two attached hydrogens (primary N) is 1. The van der Waals surface area contributed by atoms with Gasteiger partial charge in [-0.25, -0.2) is 4.98 Å². The van der Waals surface area contributed by atoms with Crippen LogP contribution in [-0.2, 0) is 4.79 Å². The molecular weight excluding hydrogens is 204 g/mol. The highest BCUT2D eigenvalue weighted by atomic mass is 16.2. The van der Waals surface area contributed by atoms with E-state index >= 15 is 0 Å². The minimum absolute atomic E-state index is 0.00595.